The third-order valence-electron chi connectivity index (χ3n) is 6.32. The molecule has 1 heterocycles. The molecule has 1 aliphatic carbocycles. The number of carbonyl (C=O) groups excluding carboxylic acids is 2. The highest BCUT2D eigenvalue weighted by Gasteiger charge is 2.29. The van der Waals surface area contributed by atoms with Crippen molar-refractivity contribution < 1.29 is 29.0 Å². The third kappa shape index (κ3) is 5.75. The minimum absolute atomic E-state index is 0.0140. The Kier molecular flexibility index (Phi) is 7.80. The number of fused-ring (bicyclic) bond motifs is 3. The van der Waals surface area contributed by atoms with E-state index in [2.05, 4.69) is 29.6 Å². The van der Waals surface area contributed by atoms with Crippen LogP contribution in [-0.2, 0) is 19.1 Å². The second-order valence-electron chi connectivity index (χ2n) is 8.64. The van der Waals surface area contributed by atoms with Crippen LogP contribution in [0.15, 0.2) is 48.5 Å². The maximum absolute atomic E-state index is 12.4. The lowest BCUT2D eigenvalue weighted by atomic mass is 9.98. The van der Waals surface area contributed by atoms with Crippen molar-refractivity contribution in [2.45, 2.75) is 37.7 Å². The minimum atomic E-state index is -0.932. The molecule has 1 atom stereocenters. The Morgan fingerprint density at radius 2 is 1.71 bits per heavy atom. The normalized spacial score (nSPS) is 17.1. The molecular formula is C26H30N2O6. The number of carbonyl (C=O) groups is 3. The Morgan fingerprint density at radius 3 is 2.38 bits per heavy atom. The van der Waals surface area contributed by atoms with Crippen LogP contribution in [0.5, 0.6) is 0 Å². The van der Waals surface area contributed by atoms with Crippen LogP contribution in [0.3, 0.4) is 0 Å². The van der Waals surface area contributed by atoms with Crippen molar-refractivity contribution in [1.29, 1.82) is 0 Å². The standard InChI is InChI=1S/C26H30N2O6/c29-24(28-13-14-33-18(16-28)15-25(30)31)11-5-6-12-27-26(32)34-17-23-21-9-3-1-7-19(21)20-8-2-4-10-22(20)23/h1-4,7-10,18,23H,5-6,11-17H2,(H,27,32)(H,30,31). The summed E-state index contributed by atoms with van der Waals surface area (Å²) in [7, 11) is 0. The van der Waals surface area contributed by atoms with Gasteiger partial charge in [0.25, 0.3) is 0 Å². The highest BCUT2D eigenvalue weighted by molar-refractivity contribution is 5.79. The van der Waals surface area contributed by atoms with Crippen LogP contribution < -0.4 is 5.32 Å². The molecule has 1 fully saturated rings. The van der Waals surface area contributed by atoms with Crippen molar-refractivity contribution in [3.8, 4) is 11.1 Å². The molecule has 2 aliphatic rings. The Morgan fingerprint density at radius 1 is 1.03 bits per heavy atom. The third-order valence-corrected chi connectivity index (χ3v) is 6.32. The van der Waals surface area contributed by atoms with Crippen molar-refractivity contribution >= 4 is 18.0 Å². The highest BCUT2D eigenvalue weighted by atomic mass is 16.5. The minimum Gasteiger partial charge on any atom is -0.481 e. The molecule has 8 heteroatoms. The molecule has 1 unspecified atom stereocenters. The van der Waals surface area contributed by atoms with E-state index in [-0.39, 0.29) is 24.9 Å². The number of aliphatic carboxylic acids is 1. The molecule has 4 rings (SSSR count). The van der Waals surface area contributed by atoms with Gasteiger partial charge in [0.05, 0.1) is 19.1 Å². The van der Waals surface area contributed by atoms with E-state index in [4.69, 9.17) is 14.6 Å². The molecule has 0 bridgehead atoms. The number of benzene rings is 2. The number of carboxylic acids is 1. The molecule has 0 aromatic heterocycles. The summed E-state index contributed by atoms with van der Waals surface area (Å²) in [6, 6.07) is 16.4. The van der Waals surface area contributed by atoms with Gasteiger partial charge in [0.2, 0.25) is 5.91 Å². The van der Waals surface area contributed by atoms with Gasteiger partial charge in [-0.25, -0.2) is 4.79 Å². The largest absolute Gasteiger partial charge is 0.481 e. The van der Waals surface area contributed by atoms with Crippen molar-refractivity contribution in [3.05, 3.63) is 59.7 Å². The molecule has 1 aliphatic heterocycles. The summed E-state index contributed by atoms with van der Waals surface area (Å²) in [5, 5.41) is 11.7. The van der Waals surface area contributed by atoms with E-state index in [0.717, 1.165) is 0 Å². The SMILES string of the molecule is O=C(O)CC1CN(C(=O)CCCCNC(=O)OCC2c3ccccc3-c3ccccc32)CCO1. The Labute approximate surface area is 198 Å². The van der Waals surface area contributed by atoms with Crippen LogP contribution in [0.25, 0.3) is 11.1 Å². The molecule has 0 radical (unpaired) electrons. The molecule has 1 saturated heterocycles. The van der Waals surface area contributed by atoms with Gasteiger partial charge in [-0.1, -0.05) is 48.5 Å². The molecule has 2 aromatic rings. The van der Waals surface area contributed by atoms with Crippen molar-refractivity contribution in [1.82, 2.24) is 10.2 Å². The summed E-state index contributed by atoms with van der Waals surface area (Å²) in [6.07, 6.45) is 0.616. The van der Waals surface area contributed by atoms with E-state index in [9.17, 15) is 14.4 Å². The lowest BCUT2D eigenvalue weighted by Crippen LogP contribution is -2.46. The van der Waals surface area contributed by atoms with Gasteiger partial charge in [-0.2, -0.15) is 0 Å². The van der Waals surface area contributed by atoms with E-state index >= 15 is 0 Å². The van der Waals surface area contributed by atoms with E-state index in [1.165, 1.54) is 22.3 Å². The summed E-state index contributed by atoms with van der Waals surface area (Å²) in [5.74, 6) is -0.923. The summed E-state index contributed by atoms with van der Waals surface area (Å²) in [5.41, 5.74) is 4.71. The number of rotatable bonds is 9. The Balaban J connectivity index is 1.15. The van der Waals surface area contributed by atoms with Gasteiger partial charge in [0, 0.05) is 32.0 Å². The fourth-order valence-electron chi connectivity index (χ4n) is 4.66. The van der Waals surface area contributed by atoms with Crippen molar-refractivity contribution in [2.75, 3.05) is 32.8 Å². The molecule has 34 heavy (non-hydrogen) atoms. The number of hydrogen-bond donors (Lipinski definition) is 2. The van der Waals surface area contributed by atoms with Crippen LogP contribution in [-0.4, -0.2) is 66.9 Å². The van der Waals surface area contributed by atoms with E-state index in [1.54, 1.807) is 4.90 Å². The van der Waals surface area contributed by atoms with Crippen LogP contribution in [0.2, 0.25) is 0 Å². The highest BCUT2D eigenvalue weighted by Crippen LogP contribution is 2.44. The van der Waals surface area contributed by atoms with Gasteiger partial charge in [-0.3, -0.25) is 9.59 Å². The topological polar surface area (TPSA) is 105 Å². The molecule has 180 valence electrons. The molecule has 2 amide bonds. The van der Waals surface area contributed by atoms with Crippen LogP contribution in [0.4, 0.5) is 4.79 Å². The average Bonchev–Trinajstić information content (AvgIpc) is 3.16. The molecule has 2 N–H and O–H groups in total. The number of carboxylic acid groups (broad SMARTS) is 1. The maximum atomic E-state index is 12.4. The maximum Gasteiger partial charge on any atom is 0.407 e. The number of nitrogens with zero attached hydrogens (tertiary/aromatic N) is 1. The van der Waals surface area contributed by atoms with Gasteiger partial charge in [0.1, 0.15) is 6.61 Å². The van der Waals surface area contributed by atoms with Gasteiger partial charge in [0.15, 0.2) is 0 Å². The van der Waals surface area contributed by atoms with Crippen LogP contribution >= 0.6 is 0 Å². The average molecular weight is 467 g/mol. The predicted octanol–water partition coefficient (Wildman–Crippen LogP) is 3.40. The van der Waals surface area contributed by atoms with Crippen LogP contribution in [0, 0.1) is 0 Å². The van der Waals surface area contributed by atoms with Gasteiger partial charge in [-0.15, -0.1) is 0 Å². The number of unbranched alkanes of at least 4 members (excludes halogenated alkanes) is 1. The molecule has 8 nitrogen and oxygen atoms in total. The van der Waals surface area contributed by atoms with E-state index < -0.39 is 18.2 Å². The summed E-state index contributed by atoms with van der Waals surface area (Å²) in [6.45, 7) is 1.84. The van der Waals surface area contributed by atoms with Crippen molar-refractivity contribution in [3.63, 3.8) is 0 Å². The van der Waals surface area contributed by atoms with Crippen LogP contribution in [0.1, 0.15) is 42.7 Å². The molecule has 2 aromatic carbocycles. The summed E-state index contributed by atoms with van der Waals surface area (Å²) in [4.78, 5) is 37.1. The second-order valence-corrected chi connectivity index (χ2v) is 8.64. The monoisotopic (exact) mass is 466 g/mol. The first-order valence-corrected chi connectivity index (χ1v) is 11.7. The first-order valence-electron chi connectivity index (χ1n) is 11.7. The number of alkyl carbamates (subject to hydrolysis) is 1. The molecular weight excluding hydrogens is 436 g/mol. The Bertz CT molecular complexity index is 994. The lowest BCUT2D eigenvalue weighted by molar-refractivity contribution is -0.147. The first-order chi connectivity index (χ1) is 16.5. The smallest absolute Gasteiger partial charge is 0.407 e. The zero-order valence-corrected chi connectivity index (χ0v) is 19.1. The zero-order chi connectivity index (χ0) is 23.9. The van der Waals surface area contributed by atoms with Gasteiger partial charge in [-0.05, 0) is 35.1 Å². The summed E-state index contributed by atoms with van der Waals surface area (Å²) < 4.78 is 10.9. The quantitative estimate of drug-likeness (QED) is 0.549. The van der Waals surface area contributed by atoms with Crippen molar-refractivity contribution in [2.24, 2.45) is 0 Å². The van der Waals surface area contributed by atoms with Gasteiger partial charge < -0.3 is 24.8 Å². The number of amides is 2. The zero-order valence-electron chi connectivity index (χ0n) is 19.1. The number of ether oxygens (including phenoxy) is 2. The fourth-order valence-corrected chi connectivity index (χ4v) is 4.66. The van der Waals surface area contributed by atoms with E-state index in [0.29, 0.717) is 45.5 Å². The fraction of sp³-hybridized carbons (Fsp3) is 0.423. The van der Waals surface area contributed by atoms with E-state index in [1.807, 2.05) is 24.3 Å². The van der Waals surface area contributed by atoms with Gasteiger partial charge >= 0.3 is 12.1 Å². The second kappa shape index (κ2) is 11.2. The number of hydrogen-bond acceptors (Lipinski definition) is 5. The molecule has 0 spiro atoms. The predicted molar refractivity (Wildman–Crippen MR) is 125 cm³/mol. The number of nitrogens with one attached hydrogen (secondary N) is 1. The Hall–Kier alpha value is -3.39. The number of morpholine rings is 1. The first kappa shape index (κ1) is 23.8. The summed E-state index contributed by atoms with van der Waals surface area (Å²) >= 11 is 0. The lowest BCUT2D eigenvalue weighted by Gasteiger charge is -2.32. The molecule has 0 saturated carbocycles.